The van der Waals surface area contributed by atoms with Crippen LogP contribution in [-0.2, 0) is 20.9 Å². The highest BCUT2D eigenvalue weighted by molar-refractivity contribution is 5.91. The van der Waals surface area contributed by atoms with Crippen molar-refractivity contribution in [2.75, 3.05) is 32.7 Å². The van der Waals surface area contributed by atoms with E-state index in [9.17, 15) is 14.0 Å². The summed E-state index contributed by atoms with van der Waals surface area (Å²) in [4.78, 5) is 29.8. The van der Waals surface area contributed by atoms with Gasteiger partial charge >= 0.3 is 5.97 Å². The van der Waals surface area contributed by atoms with E-state index in [1.54, 1.807) is 6.07 Å². The quantitative estimate of drug-likeness (QED) is 0.138. The van der Waals surface area contributed by atoms with Crippen LogP contribution in [0.2, 0.25) is 0 Å². The topological polar surface area (TPSA) is 61.9 Å². The molecule has 0 aliphatic carbocycles. The maximum atomic E-state index is 13.5. The van der Waals surface area contributed by atoms with Crippen molar-refractivity contribution >= 4 is 22.6 Å². The number of ether oxygens (including phenoxy) is 1. The van der Waals surface area contributed by atoms with E-state index in [0.717, 1.165) is 82.4 Å². The molecule has 0 saturated carbocycles. The molecule has 2 saturated heterocycles. The molecular weight excluding hydrogens is 601 g/mol. The third-order valence-electron chi connectivity index (χ3n) is 9.74. The highest BCUT2D eigenvalue weighted by Gasteiger charge is 2.28. The number of amides is 1. The lowest BCUT2D eigenvalue weighted by Crippen LogP contribution is -2.41. The number of unbranched alkanes of at least 4 members (excludes halogenated alkanes) is 1. The molecule has 1 amide bonds. The first kappa shape index (κ1) is 35.6. The van der Waals surface area contributed by atoms with Crippen molar-refractivity contribution in [1.29, 1.82) is 0 Å². The third kappa shape index (κ3) is 10.1. The Kier molecular flexibility index (Phi) is 12.3. The van der Waals surface area contributed by atoms with Crippen molar-refractivity contribution < 1.29 is 18.7 Å². The molecule has 5 rings (SSSR count). The van der Waals surface area contributed by atoms with Crippen molar-refractivity contribution in [2.45, 2.75) is 90.8 Å². The zero-order valence-corrected chi connectivity index (χ0v) is 29.2. The minimum atomic E-state index is -0.415. The molecule has 3 aromatic rings. The first-order valence-electron chi connectivity index (χ1n) is 17.8. The average molecular weight is 654 g/mol. The number of fused-ring (bicyclic) bond motifs is 1. The highest BCUT2D eigenvalue weighted by Crippen LogP contribution is 2.33. The van der Waals surface area contributed by atoms with E-state index in [2.05, 4.69) is 70.3 Å². The lowest BCUT2D eigenvalue weighted by molar-refractivity contribution is -0.154. The SMILES string of the molecule is CC(c1ccc(C#CC2CCN(CCCCC(=O)OC(C)(C)C)CC2)c2ccccc12)N1CCC(C(=O)NCc2cccc(F)c2)CC1. The van der Waals surface area contributed by atoms with Crippen molar-refractivity contribution in [2.24, 2.45) is 11.8 Å². The summed E-state index contributed by atoms with van der Waals surface area (Å²) in [6.45, 7) is 13.2. The van der Waals surface area contributed by atoms with Gasteiger partial charge in [0.05, 0.1) is 0 Å². The van der Waals surface area contributed by atoms with Crippen molar-refractivity contribution in [3.8, 4) is 11.8 Å². The van der Waals surface area contributed by atoms with Crippen LogP contribution in [0.1, 0.15) is 95.4 Å². The second-order valence-corrected chi connectivity index (χ2v) is 14.5. The molecule has 1 N–H and O–H groups in total. The van der Waals surface area contributed by atoms with Gasteiger partial charge in [-0.15, -0.1) is 0 Å². The molecule has 48 heavy (non-hydrogen) atoms. The van der Waals surface area contributed by atoms with E-state index in [4.69, 9.17) is 4.74 Å². The fourth-order valence-corrected chi connectivity index (χ4v) is 7.00. The molecule has 2 aliphatic rings. The smallest absolute Gasteiger partial charge is 0.306 e. The van der Waals surface area contributed by atoms with Gasteiger partial charge in [0.2, 0.25) is 5.91 Å². The Morgan fingerprint density at radius 3 is 2.38 bits per heavy atom. The van der Waals surface area contributed by atoms with E-state index in [1.165, 1.54) is 28.5 Å². The molecule has 1 atom stereocenters. The van der Waals surface area contributed by atoms with Crippen LogP contribution in [0.4, 0.5) is 4.39 Å². The second-order valence-electron chi connectivity index (χ2n) is 14.5. The van der Waals surface area contributed by atoms with Crippen molar-refractivity contribution in [1.82, 2.24) is 15.1 Å². The zero-order chi connectivity index (χ0) is 34.1. The standard InChI is InChI=1S/C41H52FN3O3/c1-30(45-26-21-34(22-27-45)40(47)43-29-32-10-9-11-35(42)28-32)36-18-17-33(37-12-5-6-13-38(36)37)16-15-31-19-24-44(25-20-31)23-8-7-14-39(46)48-41(2,3)4/h5-6,9-13,17-18,28,30-31,34H,7-8,14,19-27,29H2,1-4H3,(H,43,47). The molecule has 2 heterocycles. The fraction of sp³-hybridized carbons (Fsp3) is 0.512. The maximum absolute atomic E-state index is 13.5. The Morgan fingerprint density at radius 1 is 0.938 bits per heavy atom. The Morgan fingerprint density at radius 2 is 1.67 bits per heavy atom. The molecule has 0 spiro atoms. The number of halogens is 1. The number of piperidine rings is 2. The molecule has 2 fully saturated rings. The van der Waals surface area contributed by atoms with Gasteiger partial charge in [0.15, 0.2) is 0 Å². The van der Waals surface area contributed by atoms with Crippen LogP contribution in [0.15, 0.2) is 60.7 Å². The maximum Gasteiger partial charge on any atom is 0.306 e. The number of carbonyl (C=O) groups is 2. The fourth-order valence-electron chi connectivity index (χ4n) is 7.00. The van der Waals surface area contributed by atoms with E-state index in [0.29, 0.717) is 18.9 Å². The molecule has 7 heteroatoms. The van der Waals surface area contributed by atoms with Crippen LogP contribution in [0.3, 0.4) is 0 Å². The van der Waals surface area contributed by atoms with Crippen LogP contribution in [0.5, 0.6) is 0 Å². The summed E-state index contributed by atoms with van der Waals surface area (Å²) >= 11 is 0. The van der Waals surface area contributed by atoms with E-state index in [-0.39, 0.29) is 29.7 Å². The number of likely N-dealkylation sites (tertiary alicyclic amines) is 2. The first-order valence-corrected chi connectivity index (χ1v) is 17.8. The van der Waals surface area contributed by atoms with Gasteiger partial charge < -0.3 is 15.0 Å². The molecule has 1 unspecified atom stereocenters. The van der Waals surface area contributed by atoms with E-state index < -0.39 is 5.60 Å². The number of benzene rings is 3. The van der Waals surface area contributed by atoms with Crippen molar-refractivity contribution in [3.63, 3.8) is 0 Å². The van der Waals surface area contributed by atoms with Gasteiger partial charge in [-0.3, -0.25) is 14.5 Å². The molecule has 2 aliphatic heterocycles. The summed E-state index contributed by atoms with van der Waals surface area (Å²) in [5.41, 5.74) is 2.74. The average Bonchev–Trinajstić information content (AvgIpc) is 3.07. The predicted octanol–water partition coefficient (Wildman–Crippen LogP) is 7.64. The Labute approximate surface area is 286 Å². The summed E-state index contributed by atoms with van der Waals surface area (Å²) in [6, 6.07) is 19.6. The second kappa shape index (κ2) is 16.6. The first-order chi connectivity index (χ1) is 23.1. The van der Waals surface area contributed by atoms with Crippen LogP contribution in [-0.4, -0.2) is 60.0 Å². The van der Waals surface area contributed by atoms with Gasteiger partial charge in [-0.1, -0.05) is 54.3 Å². The summed E-state index contributed by atoms with van der Waals surface area (Å²) in [5, 5.41) is 5.45. The van der Waals surface area contributed by atoms with E-state index >= 15 is 0 Å². The molecule has 256 valence electrons. The minimum absolute atomic E-state index is 0.0209. The Hall–Kier alpha value is -3.73. The lowest BCUT2D eigenvalue weighted by Gasteiger charge is -2.36. The van der Waals surface area contributed by atoms with Gasteiger partial charge in [-0.05, 0) is 139 Å². The number of hydrogen-bond donors (Lipinski definition) is 1. The van der Waals surface area contributed by atoms with Gasteiger partial charge in [0.25, 0.3) is 0 Å². The number of rotatable bonds is 10. The third-order valence-corrected chi connectivity index (χ3v) is 9.74. The van der Waals surface area contributed by atoms with Gasteiger partial charge in [0.1, 0.15) is 11.4 Å². The van der Waals surface area contributed by atoms with Crippen molar-refractivity contribution in [3.05, 3.63) is 83.2 Å². The van der Waals surface area contributed by atoms with Crippen LogP contribution in [0.25, 0.3) is 10.8 Å². The Balaban J connectivity index is 1.11. The number of hydrogen-bond acceptors (Lipinski definition) is 5. The van der Waals surface area contributed by atoms with Gasteiger partial charge in [-0.25, -0.2) is 4.39 Å². The summed E-state index contributed by atoms with van der Waals surface area (Å²) < 4.78 is 18.9. The molecule has 0 radical (unpaired) electrons. The van der Waals surface area contributed by atoms with Gasteiger partial charge in [-0.2, -0.15) is 0 Å². The normalized spacial score (nSPS) is 17.4. The summed E-state index contributed by atoms with van der Waals surface area (Å²) in [7, 11) is 0. The number of nitrogens with zero attached hydrogens (tertiary/aromatic N) is 2. The molecule has 3 aromatic carbocycles. The summed E-state index contributed by atoms with van der Waals surface area (Å²) in [5.74, 6) is 7.19. The predicted molar refractivity (Wildman–Crippen MR) is 191 cm³/mol. The largest absolute Gasteiger partial charge is 0.460 e. The zero-order valence-electron chi connectivity index (χ0n) is 29.2. The summed E-state index contributed by atoms with van der Waals surface area (Å²) in [6.07, 6.45) is 6.14. The van der Waals surface area contributed by atoms with E-state index in [1.807, 2.05) is 26.8 Å². The monoisotopic (exact) mass is 653 g/mol. The van der Waals surface area contributed by atoms with Gasteiger partial charge in [0, 0.05) is 36.4 Å². The molecule has 0 aromatic heterocycles. The molecule has 0 bridgehead atoms. The number of nitrogens with one attached hydrogen (secondary N) is 1. The lowest BCUT2D eigenvalue weighted by atomic mass is 9.91. The molecule has 6 nitrogen and oxygen atoms in total. The van der Waals surface area contributed by atoms with Crippen LogP contribution < -0.4 is 5.32 Å². The molecular formula is C41H52FN3O3. The highest BCUT2D eigenvalue weighted by atomic mass is 19.1. The Bertz CT molecular complexity index is 1600. The minimum Gasteiger partial charge on any atom is -0.460 e. The van der Waals surface area contributed by atoms with Crippen LogP contribution >= 0.6 is 0 Å². The van der Waals surface area contributed by atoms with Crippen LogP contribution in [0, 0.1) is 29.5 Å². The number of carbonyl (C=O) groups excluding carboxylic acids is 2. The number of esters is 1.